The Morgan fingerprint density at radius 3 is 2.48 bits per heavy atom. The quantitative estimate of drug-likeness (QED) is 0.464. The second kappa shape index (κ2) is 9.86. The van der Waals surface area contributed by atoms with Gasteiger partial charge in [0.25, 0.3) is 0 Å². The lowest BCUT2D eigenvalue weighted by atomic mass is 9.88. The number of rotatable bonds is 3. The molecule has 5 nitrogen and oxygen atoms in total. The molecule has 0 radical (unpaired) electrons. The first kappa shape index (κ1) is 22.5. The van der Waals surface area contributed by atoms with Crippen LogP contribution in [-0.4, -0.2) is 27.9 Å². The summed E-state index contributed by atoms with van der Waals surface area (Å²) in [5.74, 6) is 0.654. The normalized spacial score (nSPS) is 19.5. The minimum Gasteiger partial charge on any atom is -0.328 e. The molecule has 2 aliphatic carbocycles. The predicted molar refractivity (Wildman–Crippen MR) is 128 cm³/mol. The predicted octanol–water partition coefficient (Wildman–Crippen LogP) is 5.32. The Hall–Kier alpha value is -1.66. The van der Waals surface area contributed by atoms with Gasteiger partial charge in [-0.25, -0.2) is 4.98 Å². The van der Waals surface area contributed by atoms with Gasteiger partial charge < -0.3 is 20.0 Å². The molecule has 31 heavy (non-hydrogen) atoms. The number of hydrogen-bond acceptors (Lipinski definition) is 6. The van der Waals surface area contributed by atoms with Crippen LogP contribution in [0.15, 0.2) is 42.5 Å². The average Bonchev–Trinajstić information content (AvgIpc) is 3.40. The van der Waals surface area contributed by atoms with Crippen LogP contribution in [0.25, 0.3) is 21.0 Å². The second-order valence-electron chi connectivity index (χ2n) is 8.28. The zero-order chi connectivity index (χ0) is 22.0. The van der Waals surface area contributed by atoms with Gasteiger partial charge in [-0.15, -0.1) is 11.3 Å². The first-order valence-corrected chi connectivity index (χ1v) is 12.6. The Labute approximate surface area is 188 Å². The molecule has 5 rings (SSSR count). The van der Waals surface area contributed by atoms with Crippen molar-refractivity contribution in [3.05, 3.63) is 64.8 Å². The van der Waals surface area contributed by atoms with Crippen molar-refractivity contribution in [1.82, 2.24) is 4.98 Å². The zero-order valence-corrected chi connectivity index (χ0v) is 19.6. The fraction of sp³-hybridized carbons (Fsp3) is 0.375. The molecular weight excluding hydrogens is 427 g/mol. The van der Waals surface area contributed by atoms with Crippen LogP contribution >= 0.6 is 19.9 Å². The first-order chi connectivity index (χ1) is 14.9. The molecule has 1 fully saturated rings. The highest BCUT2D eigenvalue weighted by Crippen LogP contribution is 2.43. The van der Waals surface area contributed by atoms with Gasteiger partial charge in [0, 0.05) is 18.7 Å². The summed E-state index contributed by atoms with van der Waals surface area (Å²) in [6.07, 6.45) is 5.70. The van der Waals surface area contributed by atoms with Crippen LogP contribution in [0.5, 0.6) is 0 Å². The van der Waals surface area contributed by atoms with E-state index in [1.807, 2.05) is 11.3 Å². The molecule has 2 atom stereocenters. The Bertz CT molecular complexity index is 1040. The highest BCUT2D eigenvalue weighted by atomic mass is 32.1. The maximum Gasteiger partial charge on any atom is 0.326 e. The lowest BCUT2D eigenvalue weighted by molar-refractivity contribution is 0.310. The molecule has 1 aromatic heterocycles. The summed E-state index contributed by atoms with van der Waals surface area (Å²) >= 11 is 1.84. The molecular formula is C24H29N2O3PS. The summed E-state index contributed by atoms with van der Waals surface area (Å²) in [6, 6.07) is 16.2. The molecule has 7 heteroatoms. The number of aryl methyl sites for hydroxylation is 3. The van der Waals surface area contributed by atoms with E-state index in [2.05, 4.69) is 53.9 Å². The van der Waals surface area contributed by atoms with Gasteiger partial charge in [0.2, 0.25) is 0 Å². The van der Waals surface area contributed by atoms with E-state index in [9.17, 15) is 0 Å². The molecule has 0 aliphatic heterocycles. The molecule has 2 aromatic carbocycles. The van der Waals surface area contributed by atoms with Gasteiger partial charge in [-0.05, 0) is 61.6 Å². The number of nitrogens with zero attached hydrogens (tertiary/aromatic N) is 1. The molecule has 0 amide bonds. The number of nitrogens with two attached hydrogens (primary N) is 1. The van der Waals surface area contributed by atoms with Gasteiger partial charge in [-0.3, -0.25) is 0 Å². The van der Waals surface area contributed by atoms with Crippen molar-refractivity contribution in [1.29, 1.82) is 0 Å². The molecule has 0 bridgehead atoms. The minimum absolute atomic E-state index is 0.390. The third-order valence-corrected chi connectivity index (χ3v) is 7.62. The van der Waals surface area contributed by atoms with Crippen molar-refractivity contribution in [3.8, 4) is 21.0 Å². The molecule has 3 aromatic rings. The van der Waals surface area contributed by atoms with Crippen LogP contribution in [0.2, 0.25) is 0 Å². The lowest BCUT2D eigenvalue weighted by Crippen LogP contribution is -2.14. The van der Waals surface area contributed by atoms with Crippen LogP contribution in [0.4, 0.5) is 0 Å². The van der Waals surface area contributed by atoms with Gasteiger partial charge in [0.15, 0.2) is 0 Å². The molecule has 2 unspecified atom stereocenters. The zero-order valence-electron chi connectivity index (χ0n) is 17.9. The van der Waals surface area contributed by atoms with E-state index in [0.29, 0.717) is 12.0 Å². The summed E-state index contributed by atoms with van der Waals surface area (Å²) in [6.45, 7) is 2.13. The van der Waals surface area contributed by atoms with Crippen molar-refractivity contribution in [2.24, 2.45) is 5.73 Å². The maximum absolute atomic E-state index is 7.76. The summed E-state index contributed by atoms with van der Waals surface area (Å²) < 4.78 is 3.93. The smallest absolute Gasteiger partial charge is 0.326 e. The number of benzene rings is 2. The van der Waals surface area contributed by atoms with E-state index in [4.69, 9.17) is 20.5 Å². The first-order valence-electron chi connectivity index (χ1n) is 10.6. The summed E-state index contributed by atoms with van der Waals surface area (Å²) in [4.78, 5) is 21.9. The largest absolute Gasteiger partial charge is 0.328 e. The highest BCUT2D eigenvalue weighted by molar-refractivity contribution is 7.39. The molecule has 0 saturated heterocycles. The van der Waals surface area contributed by atoms with Crippen molar-refractivity contribution in [3.63, 3.8) is 0 Å². The van der Waals surface area contributed by atoms with E-state index < -0.39 is 8.60 Å². The van der Waals surface area contributed by atoms with Crippen molar-refractivity contribution >= 4 is 19.9 Å². The number of thiazole rings is 1. The van der Waals surface area contributed by atoms with E-state index in [-0.39, 0.29) is 0 Å². The third kappa shape index (κ3) is 5.23. The Kier molecular flexibility index (Phi) is 7.17. The van der Waals surface area contributed by atoms with E-state index in [0.717, 1.165) is 24.3 Å². The van der Waals surface area contributed by atoms with E-state index >= 15 is 0 Å². The third-order valence-electron chi connectivity index (χ3n) is 6.11. The topological polar surface area (TPSA) is 88.6 Å². The summed E-state index contributed by atoms with van der Waals surface area (Å²) in [7, 11) is -0.870. The second-order valence-corrected chi connectivity index (χ2v) is 10.2. The van der Waals surface area contributed by atoms with Crippen molar-refractivity contribution in [2.75, 3.05) is 7.11 Å². The van der Waals surface area contributed by atoms with Crippen LogP contribution in [-0.2, 0) is 17.4 Å². The maximum atomic E-state index is 7.76. The molecule has 4 N–H and O–H groups in total. The minimum atomic E-state index is -2.10. The molecule has 0 spiro atoms. The van der Waals surface area contributed by atoms with E-state index in [1.165, 1.54) is 58.3 Å². The van der Waals surface area contributed by atoms with Gasteiger partial charge in [-0.2, -0.15) is 0 Å². The van der Waals surface area contributed by atoms with Crippen LogP contribution in [0.1, 0.15) is 47.6 Å². The summed E-state index contributed by atoms with van der Waals surface area (Å²) in [5.41, 5.74) is 14.3. The SMILES string of the molecule is COP(O)O.Cc1ccc(-c2nc3c(s2)-c2ccc(C4CCC(N)C4)cc2CC3)cc1. The molecule has 1 saturated carbocycles. The monoisotopic (exact) mass is 456 g/mol. The van der Waals surface area contributed by atoms with Crippen LogP contribution in [0, 0.1) is 6.92 Å². The number of fused-ring (bicyclic) bond motifs is 3. The van der Waals surface area contributed by atoms with Crippen LogP contribution < -0.4 is 5.73 Å². The molecule has 2 aliphatic rings. The van der Waals surface area contributed by atoms with E-state index in [1.54, 1.807) is 0 Å². The highest BCUT2D eigenvalue weighted by Gasteiger charge is 2.26. The lowest BCUT2D eigenvalue weighted by Gasteiger charge is -2.18. The Morgan fingerprint density at radius 2 is 1.84 bits per heavy atom. The van der Waals surface area contributed by atoms with Gasteiger partial charge >= 0.3 is 8.60 Å². The fourth-order valence-corrected chi connectivity index (χ4v) is 5.60. The van der Waals surface area contributed by atoms with Crippen molar-refractivity contribution < 1.29 is 14.3 Å². The Balaban J connectivity index is 0.000000418. The number of aromatic nitrogens is 1. The van der Waals surface area contributed by atoms with Crippen molar-refractivity contribution in [2.45, 2.75) is 51.0 Å². The molecule has 164 valence electrons. The number of hydrogen-bond donors (Lipinski definition) is 3. The average molecular weight is 457 g/mol. The Morgan fingerprint density at radius 1 is 1.10 bits per heavy atom. The summed E-state index contributed by atoms with van der Waals surface area (Å²) in [5, 5.41) is 1.15. The fourth-order valence-electron chi connectivity index (χ4n) is 4.42. The van der Waals surface area contributed by atoms with Gasteiger partial charge in [-0.1, -0.05) is 48.0 Å². The van der Waals surface area contributed by atoms with Gasteiger partial charge in [0.1, 0.15) is 5.01 Å². The van der Waals surface area contributed by atoms with Gasteiger partial charge in [0.05, 0.1) is 10.6 Å². The molecule has 1 heterocycles. The van der Waals surface area contributed by atoms with Crippen LogP contribution in [0.3, 0.4) is 0 Å². The standard InChI is InChI=1S/C23H24N2S.CH5O3P/c1-14-2-4-15(5-3-14)23-25-21-11-8-18-12-16(17-6-9-19(24)13-17)7-10-20(18)22(21)26-23;1-4-5(2)3/h2-5,7,10,12,17,19H,6,8-9,11,13,24H2,1H3;2-3H,1H3.